The van der Waals surface area contributed by atoms with Gasteiger partial charge < -0.3 is 9.47 Å². The van der Waals surface area contributed by atoms with Crippen LogP contribution in [0.15, 0.2) is 84.2 Å². The molecule has 0 fully saturated rings. The summed E-state index contributed by atoms with van der Waals surface area (Å²) in [6.07, 6.45) is 0.182. The van der Waals surface area contributed by atoms with Crippen molar-refractivity contribution in [2.45, 2.75) is 13.0 Å². The average molecular weight is 460 g/mol. The minimum Gasteiger partial charge on any atom is -0.493 e. The SMILES string of the molecule is COc1ccc(-c2nc(CC(=O)NN(Cc3ccccc3)c3ccccc3)cs2)cc1OC. The quantitative estimate of drug-likeness (QED) is 0.353. The second-order valence-corrected chi connectivity index (χ2v) is 8.19. The molecule has 1 amide bonds. The number of amides is 1. The van der Waals surface area contributed by atoms with Gasteiger partial charge in [0.1, 0.15) is 5.01 Å². The third kappa shape index (κ3) is 5.70. The number of benzene rings is 3. The van der Waals surface area contributed by atoms with Gasteiger partial charge in [0.25, 0.3) is 0 Å². The fourth-order valence-electron chi connectivity index (χ4n) is 3.41. The van der Waals surface area contributed by atoms with E-state index in [1.165, 1.54) is 11.3 Å². The van der Waals surface area contributed by atoms with Crippen molar-refractivity contribution >= 4 is 22.9 Å². The van der Waals surface area contributed by atoms with Gasteiger partial charge in [-0.2, -0.15) is 0 Å². The van der Waals surface area contributed by atoms with E-state index < -0.39 is 0 Å². The highest BCUT2D eigenvalue weighted by Gasteiger charge is 2.15. The van der Waals surface area contributed by atoms with Crippen molar-refractivity contribution in [1.82, 2.24) is 10.4 Å². The average Bonchev–Trinajstić information content (AvgIpc) is 3.32. The number of nitrogens with one attached hydrogen (secondary N) is 1. The lowest BCUT2D eigenvalue weighted by molar-refractivity contribution is -0.120. The molecule has 1 heterocycles. The molecule has 4 rings (SSSR count). The summed E-state index contributed by atoms with van der Waals surface area (Å²) >= 11 is 1.49. The molecule has 33 heavy (non-hydrogen) atoms. The van der Waals surface area contributed by atoms with Crippen molar-refractivity contribution < 1.29 is 14.3 Å². The molecule has 1 N–H and O–H groups in total. The summed E-state index contributed by atoms with van der Waals surface area (Å²) in [6.45, 7) is 0.560. The van der Waals surface area contributed by atoms with Gasteiger partial charge in [0.15, 0.2) is 11.5 Å². The Balaban J connectivity index is 1.46. The summed E-state index contributed by atoms with van der Waals surface area (Å²) in [5, 5.41) is 4.59. The summed E-state index contributed by atoms with van der Waals surface area (Å²) in [4.78, 5) is 17.5. The first-order valence-corrected chi connectivity index (χ1v) is 11.4. The van der Waals surface area contributed by atoms with Crippen LogP contribution in [0.3, 0.4) is 0 Å². The van der Waals surface area contributed by atoms with E-state index in [-0.39, 0.29) is 12.3 Å². The van der Waals surface area contributed by atoms with Crippen molar-refractivity contribution in [3.8, 4) is 22.1 Å². The number of ether oxygens (including phenoxy) is 2. The van der Waals surface area contributed by atoms with Crippen LogP contribution in [0.5, 0.6) is 11.5 Å². The molecular weight excluding hydrogens is 434 g/mol. The molecule has 0 aliphatic rings. The number of thiazole rings is 1. The first-order chi connectivity index (χ1) is 16.2. The molecule has 4 aromatic rings. The minimum atomic E-state index is -0.126. The Morgan fingerprint density at radius 3 is 2.33 bits per heavy atom. The first-order valence-electron chi connectivity index (χ1n) is 10.5. The van der Waals surface area contributed by atoms with Gasteiger partial charge in [-0.05, 0) is 35.9 Å². The highest BCUT2D eigenvalue weighted by atomic mass is 32.1. The molecular formula is C26H25N3O3S. The van der Waals surface area contributed by atoms with Gasteiger partial charge in [-0.25, -0.2) is 4.98 Å². The Bertz CT molecular complexity index is 1200. The molecule has 0 bridgehead atoms. The topological polar surface area (TPSA) is 63.7 Å². The predicted octanol–water partition coefficient (Wildman–Crippen LogP) is 5.11. The number of aromatic nitrogens is 1. The standard InChI is InChI=1S/C26H25N3O3S/c1-31-23-14-13-20(15-24(23)32-2)26-27-21(18-33-26)16-25(30)28-29(22-11-7-4-8-12-22)17-19-9-5-3-6-10-19/h3-15,18H,16-17H2,1-2H3,(H,28,30). The zero-order valence-corrected chi connectivity index (χ0v) is 19.3. The van der Waals surface area contributed by atoms with Crippen LogP contribution < -0.4 is 19.9 Å². The molecule has 6 nitrogen and oxygen atoms in total. The molecule has 0 atom stereocenters. The molecule has 1 aromatic heterocycles. The lowest BCUT2D eigenvalue weighted by Gasteiger charge is -2.25. The van der Waals surface area contributed by atoms with Crippen LogP contribution in [0.4, 0.5) is 5.69 Å². The maximum atomic E-state index is 12.9. The normalized spacial score (nSPS) is 10.5. The zero-order valence-electron chi connectivity index (χ0n) is 18.5. The number of methoxy groups -OCH3 is 2. The molecule has 7 heteroatoms. The second kappa shape index (κ2) is 10.7. The number of para-hydroxylation sites is 1. The number of hydrazine groups is 1. The molecule has 0 radical (unpaired) electrons. The number of nitrogens with zero attached hydrogens (tertiary/aromatic N) is 2. The number of carbonyl (C=O) groups is 1. The van der Waals surface area contributed by atoms with Crippen LogP contribution in [0.2, 0.25) is 0 Å². The molecule has 0 spiro atoms. The number of anilines is 1. The lowest BCUT2D eigenvalue weighted by atomic mass is 10.2. The number of hydrogen-bond acceptors (Lipinski definition) is 6. The van der Waals surface area contributed by atoms with Crippen molar-refractivity contribution in [2.24, 2.45) is 0 Å². The monoisotopic (exact) mass is 459 g/mol. The highest BCUT2D eigenvalue weighted by molar-refractivity contribution is 7.13. The van der Waals surface area contributed by atoms with Crippen LogP contribution in [0.25, 0.3) is 10.6 Å². The van der Waals surface area contributed by atoms with Crippen molar-refractivity contribution in [3.63, 3.8) is 0 Å². The minimum absolute atomic E-state index is 0.126. The van der Waals surface area contributed by atoms with Gasteiger partial charge >= 0.3 is 0 Å². The van der Waals surface area contributed by atoms with Gasteiger partial charge in [-0.3, -0.25) is 15.2 Å². The number of carbonyl (C=O) groups excluding carboxylic acids is 1. The Hall–Kier alpha value is -3.84. The van der Waals surface area contributed by atoms with Crippen LogP contribution in [-0.2, 0) is 17.8 Å². The van der Waals surface area contributed by atoms with Crippen LogP contribution >= 0.6 is 11.3 Å². The Labute approximate surface area is 197 Å². The Kier molecular flexibility index (Phi) is 7.22. The molecule has 168 valence electrons. The summed E-state index contributed by atoms with van der Waals surface area (Å²) < 4.78 is 10.7. The molecule has 0 saturated carbocycles. The summed E-state index contributed by atoms with van der Waals surface area (Å²) in [6, 6.07) is 25.5. The van der Waals surface area contributed by atoms with Gasteiger partial charge in [0.2, 0.25) is 5.91 Å². The van der Waals surface area contributed by atoms with Crippen LogP contribution in [0, 0.1) is 0 Å². The molecule has 0 aliphatic heterocycles. The first kappa shape index (κ1) is 22.4. The summed E-state index contributed by atoms with van der Waals surface area (Å²) in [7, 11) is 3.21. The van der Waals surface area contributed by atoms with Crippen LogP contribution in [-0.4, -0.2) is 25.1 Å². The van der Waals surface area contributed by atoms with Gasteiger partial charge in [0.05, 0.1) is 38.6 Å². The maximum Gasteiger partial charge on any atom is 0.244 e. The fraction of sp³-hybridized carbons (Fsp3) is 0.154. The van der Waals surface area contributed by atoms with Gasteiger partial charge in [-0.1, -0.05) is 48.5 Å². The van der Waals surface area contributed by atoms with Crippen molar-refractivity contribution in [1.29, 1.82) is 0 Å². The fourth-order valence-corrected chi connectivity index (χ4v) is 4.23. The zero-order chi connectivity index (χ0) is 23.0. The Morgan fingerprint density at radius 2 is 1.64 bits per heavy atom. The number of hydrogen-bond donors (Lipinski definition) is 1. The predicted molar refractivity (Wildman–Crippen MR) is 132 cm³/mol. The third-order valence-electron chi connectivity index (χ3n) is 5.03. The van der Waals surface area contributed by atoms with E-state index in [1.54, 1.807) is 14.2 Å². The number of rotatable bonds is 9. The molecule has 3 aromatic carbocycles. The smallest absolute Gasteiger partial charge is 0.244 e. The molecule has 0 saturated heterocycles. The van der Waals surface area contributed by atoms with E-state index in [4.69, 9.17) is 9.47 Å². The van der Waals surface area contributed by atoms with Crippen molar-refractivity contribution in [3.05, 3.63) is 95.5 Å². The molecule has 0 aliphatic carbocycles. The summed E-state index contributed by atoms with van der Waals surface area (Å²) in [5.74, 6) is 1.18. The van der Waals surface area contributed by atoms with E-state index in [9.17, 15) is 4.79 Å². The van der Waals surface area contributed by atoms with E-state index in [1.807, 2.05) is 89.3 Å². The van der Waals surface area contributed by atoms with Gasteiger partial charge in [0, 0.05) is 10.9 Å². The third-order valence-corrected chi connectivity index (χ3v) is 5.98. The lowest BCUT2D eigenvalue weighted by Crippen LogP contribution is -2.42. The molecule has 0 unspecified atom stereocenters. The van der Waals surface area contributed by atoms with E-state index in [2.05, 4.69) is 10.4 Å². The van der Waals surface area contributed by atoms with E-state index >= 15 is 0 Å². The maximum absolute atomic E-state index is 12.9. The highest BCUT2D eigenvalue weighted by Crippen LogP contribution is 2.33. The second-order valence-electron chi connectivity index (χ2n) is 7.33. The van der Waals surface area contributed by atoms with Gasteiger partial charge in [-0.15, -0.1) is 11.3 Å². The summed E-state index contributed by atoms with van der Waals surface area (Å²) in [5.41, 5.74) is 6.69. The van der Waals surface area contributed by atoms with E-state index in [0.29, 0.717) is 18.0 Å². The van der Waals surface area contributed by atoms with Crippen molar-refractivity contribution in [2.75, 3.05) is 19.2 Å². The van der Waals surface area contributed by atoms with E-state index in [0.717, 1.165) is 27.5 Å². The van der Waals surface area contributed by atoms with Crippen LogP contribution in [0.1, 0.15) is 11.3 Å². The Morgan fingerprint density at radius 1 is 0.939 bits per heavy atom. The largest absolute Gasteiger partial charge is 0.493 e.